The number of hydrogen-bond donors (Lipinski definition) is 1. The molecule has 2 fully saturated rings. The number of hydrogen-bond acceptors (Lipinski definition) is 2. The minimum atomic E-state index is -0.839. The maximum atomic E-state index is 11.1. The van der Waals surface area contributed by atoms with Crippen LogP contribution >= 0.6 is 0 Å². The molecule has 0 spiro atoms. The quantitative estimate of drug-likeness (QED) is 0.855. The molecule has 92 valence electrons. The minimum absolute atomic E-state index is 0.284. The zero-order valence-corrected chi connectivity index (χ0v) is 10.1. The first-order valence-corrected chi connectivity index (χ1v) is 6.15. The van der Waals surface area contributed by atoms with Crippen LogP contribution in [0.25, 0.3) is 0 Å². The van der Waals surface area contributed by atoms with Crippen molar-refractivity contribution in [2.45, 2.75) is 51.4 Å². The first-order chi connectivity index (χ1) is 8.08. The number of ether oxygens (including phenoxy) is 1. The largest absolute Gasteiger partial charge is 0.478 e. The van der Waals surface area contributed by atoms with Crippen LogP contribution in [0.3, 0.4) is 0 Å². The Morgan fingerprint density at radius 1 is 1.47 bits per heavy atom. The molecular weight excluding hydrogens is 218 g/mol. The molecule has 17 heavy (non-hydrogen) atoms. The second-order valence-electron chi connectivity index (χ2n) is 5.14. The summed E-state index contributed by atoms with van der Waals surface area (Å²) in [6.07, 6.45) is 3.97. The Hall–Kier alpha value is -1.29. The third-order valence-electron chi connectivity index (χ3n) is 4.12. The molecule has 1 aromatic rings. The van der Waals surface area contributed by atoms with Crippen LogP contribution in [0.1, 0.15) is 47.1 Å². The number of nitrogens with zero attached hydrogens (tertiary/aromatic N) is 1. The van der Waals surface area contributed by atoms with E-state index < -0.39 is 5.97 Å². The summed E-state index contributed by atoms with van der Waals surface area (Å²) >= 11 is 0. The molecule has 4 heteroatoms. The van der Waals surface area contributed by atoms with Crippen LogP contribution in [-0.2, 0) is 4.74 Å². The number of fused-ring (bicyclic) bond motifs is 2. The van der Waals surface area contributed by atoms with Crippen LogP contribution < -0.4 is 0 Å². The first kappa shape index (κ1) is 10.8. The van der Waals surface area contributed by atoms with Gasteiger partial charge in [-0.2, -0.15) is 0 Å². The van der Waals surface area contributed by atoms with E-state index in [0.29, 0.717) is 17.7 Å². The molecule has 3 rings (SSSR count). The van der Waals surface area contributed by atoms with Crippen molar-refractivity contribution in [1.82, 2.24) is 4.57 Å². The molecular formula is C13H17NO3. The number of carbonyl (C=O) groups is 1. The van der Waals surface area contributed by atoms with E-state index in [1.807, 2.05) is 13.8 Å². The number of carboxylic acid groups (broad SMARTS) is 1. The molecule has 0 radical (unpaired) electrons. The zero-order chi connectivity index (χ0) is 12.2. The fourth-order valence-corrected chi connectivity index (χ4v) is 3.39. The van der Waals surface area contributed by atoms with Crippen molar-refractivity contribution in [2.75, 3.05) is 0 Å². The minimum Gasteiger partial charge on any atom is -0.478 e. The highest BCUT2D eigenvalue weighted by Crippen LogP contribution is 2.43. The molecule has 1 aromatic heterocycles. The van der Waals surface area contributed by atoms with E-state index in [4.69, 9.17) is 9.84 Å². The van der Waals surface area contributed by atoms with Crippen molar-refractivity contribution in [3.05, 3.63) is 23.0 Å². The molecule has 2 bridgehead atoms. The van der Waals surface area contributed by atoms with E-state index in [0.717, 1.165) is 30.7 Å². The summed E-state index contributed by atoms with van der Waals surface area (Å²) in [6, 6.07) is 2.10. The lowest BCUT2D eigenvalue weighted by atomic mass is 9.95. The summed E-state index contributed by atoms with van der Waals surface area (Å²) < 4.78 is 8.01. The van der Waals surface area contributed by atoms with Crippen LogP contribution in [0, 0.1) is 13.8 Å². The summed E-state index contributed by atoms with van der Waals surface area (Å²) in [4.78, 5) is 11.1. The van der Waals surface area contributed by atoms with Gasteiger partial charge in [-0.3, -0.25) is 0 Å². The van der Waals surface area contributed by atoms with E-state index in [1.165, 1.54) is 0 Å². The van der Waals surface area contributed by atoms with Gasteiger partial charge in [-0.15, -0.1) is 0 Å². The summed E-state index contributed by atoms with van der Waals surface area (Å²) in [7, 11) is 0. The van der Waals surface area contributed by atoms with Gasteiger partial charge in [-0.25, -0.2) is 4.79 Å². The van der Waals surface area contributed by atoms with Crippen LogP contribution in [-0.4, -0.2) is 27.9 Å². The summed E-state index contributed by atoms with van der Waals surface area (Å²) in [5, 5.41) is 9.13. The highest BCUT2D eigenvalue weighted by atomic mass is 16.5. The Balaban J connectivity index is 2.01. The van der Waals surface area contributed by atoms with Crippen molar-refractivity contribution >= 4 is 5.97 Å². The number of aromatic carboxylic acids is 1. The van der Waals surface area contributed by atoms with Crippen molar-refractivity contribution in [1.29, 1.82) is 0 Å². The number of rotatable bonds is 2. The fourth-order valence-electron chi connectivity index (χ4n) is 3.39. The lowest BCUT2D eigenvalue weighted by Gasteiger charge is -2.24. The van der Waals surface area contributed by atoms with Gasteiger partial charge >= 0.3 is 5.97 Å². The van der Waals surface area contributed by atoms with Gasteiger partial charge in [-0.05, 0) is 39.2 Å². The van der Waals surface area contributed by atoms with E-state index >= 15 is 0 Å². The van der Waals surface area contributed by atoms with Crippen molar-refractivity contribution in [3.63, 3.8) is 0 Å². The van der Waals surface area contributed by atoms with Gasteiger partial charge in [-0.1, -0.05) is 0 Å². The molecule has 2 aliphatic rings. The number of aryl methyl sites for hydroxylation is 1. The monoisotopic (exact) mass is 235 g/mol. The van der Waals surface area contributed by atoms with Crippen molar-refractivity contribution < 1.29 is 14.6 Å². The van der Waals surface area contributed by atoms with E-state index in [2.05, 4.69) is 4.57 Å². The van der Waals surface area contributed by atoms with Crippen molar-refractivity contribution in [2.24, 2.45) is 0 Å². The average Bonchev–Trinajstić information content (AvgIpc) is 2.92. The normalized spacial score (nSPS) is 31.1. The van der Waals surface area contributed by atoms with Crippen LogP contribution in [0.15, 0.2) is 6.07 Å². The Bertz CT molecular complexity index is 477. The Kier molecular flexibility index (Phi) is 2.30. The Labute approximate surface area is 100 Å². The van der Waals surface area contributed by atoms with Gasteiger partial charge in [0.05, 0.1) is 23.8 Å². The topological polar surface area (TPSA) is 51.5 Å². The highest BCUT2D eigenvalue weighted by Gasteiger charge is 2.42. The first-order valence-electron chi connectivity index (χ1n) is 6.15. The average molecular weight is 235 g/mol. The molecule has 1 N–H and O–H groups in total. The van der Waals surface area contributed by atoms with Crippen LogP contribution in [0.4, 0.5) is 0 Å². The summed E-state index contributed by atoms with van der Waals surface area (Å²) in [6.45, 7) is 3.87. The maximum absolute atomic E-state index is 11.1. The van der Waals surface area contributed by atoms with Gasteiger partial charge in [0.15, 0.2) is 0 Å². The molecule has 2 saturated heterocycles. The summed E-state index contributed by atoms with van der Waals surface area (Å²) in [5.41, 5.74) is 2.31. The van der Waals surface area contributed by atoms with E-state index in [-0.39, 0.29) is 6.10 Å². The third-order valence-corrected chi connectivity index (χ3v) is 4.12. The van der Waals surface area contributed by atoms with E-state index in [9.17, 15) is 4.79 Å². The lowest BCUT2D eigenvalue weighted by molar-refractivity contribution is 0.0695. The second-order valence-corrected chi connectivity index (χ2v) is 5.14. The number of carboxylic acids is 1. The molecule has 2 aliphatic heterocycles. The second kappa shape index (κ2) is 3.60. The predicted molar refractivity (Wildman–Crippen MR) is 62.4 cm³/mol. The molecule has 0 aliphatic carbocycles. The third kappa shape index (κ3) is 1.51. The lowest BCUT2D eigenvalue weighted by Crippen LogP contribution is -2.23. The molecule has 0 amide bonds. The summed E-state index contributed by atoms with van der Waals surface area (Å²) in [5.74, 6) is -0.839. The number of aromatic nitrogens is 1. The van der Waals surface area contributed by atoms with Gasteiger partial charge < -0.3 is 14.4 Å². The maximum Gasteiger partial charge on any atom is 0.337 e. The molecule has 3 heterocycles. The highest BCUT2D eigenvalue weighted by molar-refractivity contribution is 5.89. The Morgan fingerprint density at radius 2 is 2.24 bits per heavy atom. The van der Waals surface area contributed by atoms with Crippen molar-refractivity contribution in [3.8, 4) is 0 Å². The zero-order valence-electron chi connectivity index (χ0n) is 10.1. The molecule has 4 nitrogen and oxygen atoms in total. The van der Waals surface area contributed by atoms with E-state index in [1.54, 1.807) is 6.07 Å². The fraction of sp³-hybridized carbons (Fsp3) is 0.615. The van der Waals surface area contributed by atoms with Gasteiger partial charge in [0, 0.05) is 11.4 Å². The SMILES string of the molecule is Cc1cc(C(=O)O)c(C)n1C1CC2CCC1O2. The molecule has 3 unspecified atom stereocenters. The van der Waals surface area contributed by atoms with Gasteiger partial charge in [0.2, 0.25) is 0 Å². The van der Waals surface area contributed by atoms with Crippen LogP contribution in [0.5, 0.6) is 0 Å². The van der Waals surface area contributed by atoms with Crippen LogP contribution in [0.2, 0.25) is 0 Å². The molecule has 0 aromatic carbocycles. The smallest absolute Gasteiger partial charge is 0.337 e. The standard InChI is InChI=1S/C13H17NO3/c1-7-5-10(13(15)16)8(2)14(7)11-6-9-3-4-12(11)17-9/h5,9,11-12H,3-4,6H2,1-2H3,(H,15,16). The Morgan fingerprint density at radius 3 is 2.71 bits per heavy atom. The molecule has 0 saturated carbocycles. The van der Waals surface area contributed by atoms with Gasteiger partial charge in [0.25, 0.3) is 0 Å². The van der Waals surface area contributed by atoms with Gasteiger partial charge in [0.1, 0.15) is 0 Å². The molecule has 3 atom stereocenters. The predicted octanol–water partition coefficient (Wildman–Crippen LogP) is 2.30.